The number of hydrogen-bond acceptors (Lipinski definition) is 5. The van der Waals surface area contributed by atoms with Gasteiger partial charge in [0.05, 0.1) is 11.6 Å². The lowest BCUT2D eigenvalue weighted by atomic mass is 10.1. The molecule has 10 heteroatoms. The normalized spacial score (nSPS) is 15.7. The summed E-state index contributed by atoms with van der Waals surface area (Å²) >= 11 is 5.82. The van der Waals surface area contributed by atoms with E-state index in [4.69, 9.17) is 11.6 Å². The Morgan fingerprint density at radius 1 is 1.18 bits per heavy atom. The number of aliphatic hydroxyl groups excluding tert-OH is 1. The van der Waals surface area contributed by atoms with E-state index >= 15 is 0 Å². The van der Waals surface area contributed by atoms with Crippen LogP contribution in [0.15, 0.2) is 42.6 Å². The fourth-order valence-electron chi connectivity index (χ4n) is 4.85. The molecule has 206 valence electrons. The molecule has 0 aliphatic heterocycles. The predicted octanol–water partition coefficient (Wildman–Crippen LogP) is 4.47. The number of aliphatic hydroxyl groups is 1. The molecule has 0 bridgehead atoms. The van der Waals surface area contributed by atoms with Gasteiger partial charge in [0.2, 0.25) is 11.8 Å². The molecule has 5 rings (SSSR count). The number of amides is 2. The Kier molecular flexibility index (Phi) is 7.91. The van der Waals surface area contributed by atoms with Crippen LogP contribution in [-0.4, -0.2) is 51.0 Å². The number of anilines is 1. The Morgan fingerprint density at radius 2 is 1.95 bits per heavy atom. The molecule has 1 aromatic heterocycles. The summed E-state index contributed by atoms with van der Waals surface area (Å²) in [5, 5.41) is 16.8. The van der Waals surface area contributed by atoms with Crippen molar-refractivity contribution in [2.75, 3.05) is 11.9 Å². The topological polar surface area (TPSA) is 104 Å². The second-order valence-electron chi connectivity index (χ2n) is 10.5. The number of nitrogens with one attached hydrogen (secondary N) is 2. The summed E-state index contributed by atoms with van der Waals surface area (Å²) < 4.78 is 15.9. The van der Waals surface area contributed by atoms with E-state index in [1.165, 1.54) is 13.0 Å². The zero-order chi connectivity index (χ0) is 27.7. The van der Waals surface area contributed by atoms with Crippen molar-refractivity contribution in [3.05, 3.63) is 64.6 Å². The molecule has 2 fully saturated rings. The smallest absolute Gasteiger partial charge is 0.243 e. The number of aromatic nitrogens is 1. The number of benzene rings is 2. The van der Waals surface area contributed by atoms with Crippen LogP contribution in [0.4, 0.5) is 10.1 Å². The van der Waals surface area contributed by atoms with Gasteiger partial charge in [-0.2, -0.15) is 0 Å². The Morgan fingerprint density at radius 3 is 2.64 bits per heavy atom. The van der Waals surface area contributed by atoms with E-state index in [1.807, 2.05) is 18.2 Å². The van der Waals surface area contributed by atoms with Crippen LogP contribution in [0.5, 0.6) is 0 Å². The number of ketones is 1. The predicted molar refractivity (Wildman–Crippen MR) is 147 cm³/mol. The van der Waals surface area contributed by atoms with Gasteiger partial charge in [-0.1, -0.05) is 36.6 Å². The first-order valence-corrected chi connectivity index (χ1v) is 13.6. The highest BCUT2D eigenvalue weighted by molar-refractivity contribution is 6.30. The number of hydrogen-bond donors (Lipinski definition) is 3. The van der Waals surface area contributed by atoms with Gasteiger partial charge >= 0.3 is 0 Å². The van der Waals surface area contributed by atoms with Gasteiger partial charge in [-0.15, -0.1) is 0 Å². The average Bonchev–Trinajstić information content (AvgIpc) is 3.83. The van der Waals surface area contributed by atoms with Gasteiger partial charge in [0.25, 0.3) is 0 Å². The van der Waals surface area contributed by atoms with Gasteiger partial charge < -0.3 is 25.2 Å². The maximum Gasteiger partial charge on any atom is 0.243 e. The number of halogens is 2. The summed E-state index contributed by atoms with van der Waals surface area (Å²) in [5.74, 6) is -0.780. The molecule has 2 aliphatic carbocycles. The largest absolute Gasteiger partial charge is 0.374 e. The summed E-state index contributed by atoms with van der Waals surface area (Å²) in [6.07, 6.45) is 5.60. The van der Waals surface area contributed by atoms with Crippen molar-refractivity contribution in [1.82, 2.24) is 14.8 Å². The molecule has 39 heavy (non-hydrogen) atoms. The summed E-state index contributed by atoms with van der Waals surface area (Å²) in [6.45, 7) is 1.27. The van der Waals surface area contributed by atoms with Gasteiger partial charge in [0.1, 0.15) is 18.6 Å². The minimum Gasteiger partial charge on any atom is -0.374 e. The molecule has 3 aromatic rings. The Balaban J connectivity index is 1.27. The van der Waals surface area contributed by atoms with Crippen LogP contribution in [0.25, 0.3) is 10.9 Å². The summed E-state index contributed by atoms with van der Waals surface area (Å²) in [5.41, 5.74) is 2.17. The highest BCUT2D eigenvalue weighted by Crippen LogP contribution is 2.34. The van der Waals surface area contributed by atoms with Crippen LogP contribution in [0.3, 0.4) is 0 Å². The van der Waals surface area contributed by atoms with Gasteiger partial charge in [-0.25, -0.2) is 4.39 Å². The fourth-order valence-corrected chi connectivity index (χ4v) is 5.05. The second-order valence-corrected chi connectivity index (χ2v) is 10.9. The summed E-state index contributed by atoms with van der Waals surface area (Å²) in [4.78, 5) is 40.0. The van der Waals surface area contributed by atoms with E-state index < -0.39 is 18.0 Å². The van der Waals surface area contributed by atoms with E-state index in [0.717, 1.165) is 25.7 Å². The lowest BCUT2D eigenvalue weighted by Crippen LogP contribution is -2.43. The molecule has 2 aliphatic rings. The molecular formula is C29H32ClFN4O4. The van der Waals surface area contributed by atoms with Gasteiger partial charge in [-0.05, 0) is 56.4 Å². The maximum absolute atomic E-state index is 14.2. The average molecular weight is 555 g/mol. The van der Waals surface area contributed by atoms with Crippen LogP contribution in [0.1, 0.15) is 54.9 Å². The SMILES string of the molecule is CC(=O)c1cn(CC(=O)N(CC(=O)NCc2cccc(Cl)c2F)C2CC2)c2ccc(NC(O)CC3CC3)cc12. The molecule has 1 atom stereocenters. The van der Waals surface area contributed by atoms with Gasteiger partial charge in [0, 0.05) is 46.5 Å². The monoisotopic (exact) mass is 554 g/mol. The van der Waals surface area contributed by atoms with E-state index in [9.17, 15) is 23.9 Å². The van der Waals surface area contributed by atoms with Crippen molar-refractivity contribution >= 4 is 45.8 Å². The number of carbonyl (C=O) groups excluding carboxylic acids is 3. The summed E-state index contributed by atoms with van der Waals surface area (Å²) in [6, 6.07) is 10.0. The van der Waals surface area contributed by atoms with Crippen molar-refractivity contribution in [1.29, 1.82) is 0 Å². The zero-order valence-corrected chi connectivity index (χ0v) is 22.5. The first-order chi connectivity index (χ1) is 18.7. The van der Waals surface area contributed by atoms with Crippen molar-refractivity contribution < 1.29 is 23.9 Å². The van der Waals surface area contributed by atoms with Crippen LogP contribution in [0.2, 0.25) is 5.02 Å². The maximum atomic E-state index is 14.2. The van der Waals surface area contributed by atoms with Crippen molar-refractivity contribution in [3.63, 3.8) is 0 Å². The summed E-state index contributed by atoms with van der Waals surface area (Å²) in [7, 11) is 0. The van der Waals surface area contributed by atoms with E-state index in [1.54, 1.807) is 27.8 Å². The molecule has 8 nitrogen and oxygen atoms in total. The molecule has 2 aromatic carbocycles. The second kappa shape index (κ2) is 11.4. The van der Waals surface area contributed by atoms with Gasteiger partial charge in [0.15, 0.2) is 5.78 Å². The third kappa shape index (κ3) is 6.59. The van der Waals surface area contributed by atoms with Crippen LogP contribution in [0, 0.1) is 11.7 Å². The standard InChI is InChI=1S/C29H32ClFN4O4/c1-17(36)23-14-34(25-10-7-20(12-22(23)25)33-26(37)11-18-5-6-18)16-28(39)35(21-8-9-21)15-27(38)32-13-19-3-2-4-24(30)29(19)31/h2-4,7,10,12,14,18,21,26,33,37H,5-6,8-9,11,13,15-16H2,1H3,(H,32,38). The van der Waals surface area contributed by atoms with Crippen LogP contribution in [-0.2, 0) is 22.7 Å². The number of carbonyl (C=O) groups is 3. The molecule has 0 radical (unpaired) electrons. The lowest BCUT2D eigenvalue weighted by molar-refractivity contribution is -0.137. The molecule has 1 heterocycles. The first kappa shape index (κ1) is 27.1. The van der Waals surface area contributed by atoms with E-state index in [-0.39, 0.29) is 48.0 Å². The van der Waals surface area contributed by atoms with Crippen molar-refractivity contribution in [2.45, 2.75) is 64.4 Å². The quantitative estimate of drug-likeness (QED) is 0.226. The highest BCUT2D eigenvalue weighted by atomic mass is 35.5. The molecule has 2 saturated carbocycles. The zero-order valence-electron chi connectivity index (χ0n) is 21.8. The van der Waals surface area contributed by atoms with Gasteiger partial charge in [-0.3, -0.25) is 14.4 Å². The minimum atomic E-state index is -0.659. The molecule has 0 spiro atoms. The van der Waals surface area contributed by atoms with Crippen molar-refractivity contribution in [3.8, 4) is 0 Å². The molecular weight excluding hydrogens is 523 g/mol. The molecule has 1 unspecified atom stereocenters. The first-order valence-electron chi connectivity index (χ1n) is 13.3. The number of nitrogens with zero attached hydrogens (tertiary/aromatic N) is 2. The number of Topliss-reactive ketones (excluding diaryl/α,β-unsaturated/α-hetero) is 1. The van der Waals surface area contributed by atoms with Crippen LogP contribution < -0.4 is 10.6 Å². The van der Waals surface area contributed by atoms with E-state index in [0.29, 0.717) is 34.5 Å². The lowest BCUT2D eigenvalue weighted by Gasteiger charge is -2.22. The molecule has 3 N–H and O–H groups in total. The fraction of sp³-hybridized carbons (Fsp3) is 0.414. The highest BCUT2D eigenvalue weighted by Gasteiger charge is 2.34. The Hall–Kier alpha value is -3.43. The van der Waals surface area contributed by atoms with E-state index in [2.05, 4.69) is 10.6 Å². The third-order valence-electron chi connectivity index (χ3n) is 7.28. The molecule has 2 amide bonds. The Bertz CT molecular complexity index is 1420. The Labute approximate surface area is 231 Å². The third-order valence-corrected chi connectivity index (χ3v) is 7.57. The number of rotatable bonds is 12. The minimum absolute atomic E-state index is 0.0160. The number of fused-ring (bicyclic) bond motifs is 1. The molecule has 0 saturated heterocycles. The van der Waals surface area contributed by atoms with Crippen molar-refractivity contribution in [2.24, 2.45) is 5.92 Å². The van der Waals surface area contributed by atoms with Crippen LogP contribution >= 0.6 is 11.6 Å².